The highest BCUT2D eigenvalue weighted by atomic mass is 16.2. The molecule has 3 heteroatoms. The fraction of sp³-hybridized carbons (Fsp3) is 0.533. The van der Waals surface area contributed by atoms with E-state index in [0.717, 1.165) is 38.8 Å². The number of para-hydroxylation sites is 1. The van der Waals surface area contributed by atoms with Crippen LogP contribution in [-0.2, 0) is 11.2 Å². The first-order chi connectivity index (χ1) is 8.81. The molecule has 18 heavy (non-hydrogen) atoms. The second-order valence-electron chi connectivity index (χ2n) is 4.86. The average molecular weight is 246 g/mol. The minimum Gasteiger partial charge on any atom is -0.362 e. The highest BCUT2D eigenvalue weighted by Crippen LogP contribution is 2.26. The molecule has 1 heterocycles. The van der Waals surface area contributed by atoms with E-state index < -0.39 is 0 Å². The molecule has 1 aromatic rings. The van der Waals surface area contributed by atoms with Crippen LogP contribution in [0.25, 0.3) is 0 Å². The average Bonchev–Trinajstić information content (AvgIpc) is 2.39. The largest absolute Gasteiger partial charge is 0.362 e. The van der Waals surface area contributed by atoms with Crippen LogP contribution < -0.4 is 10.2 Å². The third-order valence-corrected chi connectivity index (χ3v) is 3.39. The molecule has 0 saturated heterocycles. The van der Waals surface area contributed by atoms with Crippen molar-refractivity contribution in [2.45, 2.75) is 32.6 Å². The summed E-state index contributed by atoms with van der Waals surface area (Å²) in [5.41, 5.74) is 2.60. The molecule has 1 aromatic carbocycles. The molecule has 0 fully saturated rings. The molecule has 0 spiro atoms. The summed E-state index contributed by atoms with van der Waals surface area (Å²) in [6, 6.07) is 8.40. The molecule has 2 rings (SSSR count). The van der Waals surface area contributed by atoms with Crippen LogP contribution in [0, 0.1) is 0 Å². The van der Waals surface area contributed by atoms with E-state index in [0.29, 0.717) is 6.54 Å². The summed E-state index contributed by atoms with van der Waals surface area (Å²) in [5, 5.41) is 2.98. The minimum absolute atomic E-state index is 0.139. The van der Waals surface area contributed by atoms with Crippen LogP contribution in [0.15, 0.2) is 24.3 Å². The van der Waals surface area contributed by atoms with Crippen LogP contribution in [0.1, 0.15) is 31.7 Å². The van der Waals surface area contributed by atoms with Crippen molar-refractivity contribution in [1.29, 1.82) is 0 Å². The maximum Gasteiger partial charge on any atom is 0.239 e. The number of anilines is 1. The fourth-order valence-electron chi connectivity index (χ4n) is 2.41. The van der Waals surface area contributed by atoms with Crippen LogP contribution in [0.5, 0.6) is 0 Å². The Balaban J connectivity index is 1.92. The van der Waals surface area contributed by atoms with Crippen molar-refractivity contribution >= 4 is 11.6 Å². The Bertz CT molecular complexity index is 403. The van der Waals surface area contributed by atoms with E-state index in [9.17, 15) is 4.79 Å². The van der Waals surface area contributed by atoms with Gasteiger partial charge in [-0.1, -0.05) is 31.5 Å². The summed E-state index contributed by atoms with van der Waals surface area (Å²) in [6.07, 6.45) is 4.44. The van der Waals surface area contributed by atoms with Gasteiger partial charge in [0.15, 0.2) is 0 Å². The van der Waals surface area contributed by atoms with E-state index in [4.69, 9.17) is 0 Å². The lowest BCUT2D eigenvalue weighted by atomic mass is 10.0. The molecule has 0 saturated carbocycles. The van der Waals surface area contributed by atoms with Crippen LogP contribution in [0.3, 0.4) is 0 Å². The van der Waals surface area contributed by atoms with Gasteiger partial charge in [-0.25, -0.2) is 0 Å². The highest BCUT2D eigenvalue weighted by molar-refractivity contribution is 5.81. The smallest absolute Gasteiger partial charge is 0.239 e. The van der Waals surface area contributed by atoms with Crippen molar-refractivity contribution in [3.05, 3.63) is 29.8 Å². The SMILES string of the molecule is CCCCNC(=O)CN1CCCc2ccccc21. The van der Waals surface area contributed by atoms with Gasteiger partial charge in [-0.3, -0.25) is 4.79 Å². The first-order valence-corrected chi connectivity index (χ1v) is 6.91. The second-order valence-corrected chi connectivity index (χ2v) is 4.86. The maximum atomic E-state index is 11.8. The number of amides is 1. The molecule has 1 aliphatic rings. The zero-order valence-electron chi connectivity index (χ0n) is 11.1. The van der Waals surface area contributed by atoms with E-state index in [1.54, 1.807) is 0 Å². The molecule has 3 nitrogen and oxygen atoms in total. The summed E-state index contributed by atoms with van der Waals surface area (Å²) in [7, 11) is 0. The molecule has 0 atom stereocenters. The number of nitrogens with zero attached hydrogens (tertiary/aromatic N) is 1. The summed E-state index contributed by atoms with van der Waals surface area (Å²) in [5.74, 6) is 0.139. The van der Waals surface area contributed by atoms with Gasteiger partial charge in [0.05, 0.1) is 6.54 Å². The van der Waals surface area contributed by atoms with Crippen LogP contribution >= 0.6 is 0 Å². The van der Waals surface area contributed by atoms with Crippen molar-refractivity contribution in [3.63, 3.8) is 0 Å². The van der Waals surface area contributed by atoms with Gasteiger partial charge in [0.2, 0.25) is 5.91 Å². The van der Waals surface area contributed by atoms with E-state index >= 15 is 0 Å². The lowest BCUT2D eigenvalue weighted by Crippen LogP contribution is -2.40. The van der Waals surface area contributed by atoms with Crippen molar-refractivity contribution in [3.8, 4) is 0 Å². The van der Waals surface area contributed by atoms with E-state index in [-0.39, 0.29) is 5.91 Å². The number of carbonyl (C=O) groups is 1. The van der Waals surface area contributed by atoms with E-state index in [1.165, 1.54) is 11.3 Å². The van der Waals surface area contributed by atoms with Gasteiger partial charge < -0.3 is 10.2 Å². The van der Waals surface area contributed by atoms with Crippen molar-refractivity contribution in [1.82, 2.24) is 5.32 Å². The van der Waals surface area contributed by atoms with E-state index in [2.05, 4.69) is 35.3 Å². The summed E-state index contributed by atoms with van der Waals surface area (Å²) in [4.78, 5) is 14.0. The first-order valence-electron chi connectivity index (χ1n) is 6.91. The van der Waals surface area contributed by atoms with Crippen molar-refractivity contribution < 1.29 is 4.79 Å². The number of rotatable bonds is 5. The maximum absolute atomic E-state index is 11.8. The molecule has 0 unspecified atom stereocenters. The molecule has 0 aromatic heterocycles. The van der Waals surface area contributed by atoms with Gasteiger partial charge in [-0.05, 0) is 30.9 Å². The molecular formula is C15H22N2O. The van der Waals surface area contributed by atoms with Gasteiger partial charge >= 0.3 is 0 Å². The topological polar surface area (TPSA) is 32.3 Å². The predicted molar refractivity (Wildman–Crippen MR) is 74.9 cm³/mol. The Hall–Kier alpha value is -1.51. The number of unbranched alkanes of at least 4 members (excludes halogenated alkanes) is 1. The zero-order chi connectivity index (χ0) is 12.8. The standard InChI is InChI=1S/C15H22N2O/c1-2-3-10-16-15(18)12-17-11-6-8-13-7-4-5-9-14(13)17/h4-5,7,9H,2-3,6,8,10-12H2,1H3,(H,16,18). The number of carbonyl (C=O) groups excluding carboxylic acids is 1. The molecule has 0 aliphatic carbocycles. The third kappa shape index (κ3) is 3.25. The predicted octanol–water partition coefficient (Wildman–Crippen LogP) is 2.36. The van der Waals surface area contributed by atoms with Gasteiger partial charge in [0.25, 0.3) is 0 Å². The number of aryl methyl sites for hydroxylation is 1. The van der Waals surface area contributed by atoms with Crippen molar-refractivity contribution in [2.75, 3.05) is 24.5 Å². The fourth-order valence-corrected chi connectivity index (χ4v) is 2.41. The Kier molecular flexibility index (Phi) is 4.62. The van der Waals surface area contributed by atoms with Crippen molar-refractivity contribution in [2.24, 2.45) is 0 Å². The number of fused-ring (bicyclic) bond motifs is 1. The van der Waals surface area contributed by atoms with Crippen LogP contribution in [0.4, 0.5) is 5.69 Å². The number of benzene rings is 1. The molecule has 1 amide bonds. The Labute approximate surface area is 109 Å². The number of nitrogens with one attached hydrogen (secondary N) is 1. The van der Waals surface area contributed by atoms with Gasteiger partial charge in [0, 0.05) is 18.8 Å². The third-order valence-electron chi connectivity index (χ3n) is 3.39. The van der Waals surface area contributed by atoms with Crippen LogP contribution in [0.2, 0.25) is 0 Å². The molecule has 1 N–H and O–H groups in total. The number of hydrogen-bond acceptors (Lipinski definition) is 2. The zero-order valence-corrected chi connectivity index (χ0v) is 11.1. The van der Waals surface area contributed by atoms with Gasteiger partial charge in [0.1, 0.15) is 0 Å². The summed E-state index contributed by atoms with van der Waals surface area (Å²) >= 11 is 0. The van der Waals surface area contributed by atoms with Gasteiger partial charge in [-0.2, -0.15) is 0 Å². The molecule has 98 valence electrons. The number of hydrogen-bond donors (Lipinski definition) is 1. The normalized spacial score (nSPS) is 14.2. The lowest BCUT2D eigenvalue weighted by molar-refractivity contribution is -0.119. The quantitative estimate of drug-likeness (QED) is 0.809. The molecular weight excluding hydrogens is 224 g/mol. The second kappa shape index (κ2) is 6.43. The van der Waals surface area contributed by atoms with Crippen LogP contribution in [-0.4, -0.2) is 25.5 Å². The Morgan fingerprint density at radius 3 is 3.06 bits per heavy atom. The molecule has 1 aliphatic heterocycles. The monoisotopic (exact) mass is 246 g/mol. The first kappa shape index (κ1) is 12.9. The Morgan fingerprint density at radius 1 is 1.39 bits per heavy atom. The summed E-state index contributed by atoms with van der Waals surface area (Å²) in [6.45, 7) is 4.40. The Morgan fingerprint density at radius 2 is 2.22 bits per heavy atom. The minimum atomic E-state index is 0.139. The highest BCUT2D eigenvalue weighted by Gasteiger charge is 2.18. The molecule has 0 bridgehead atoms. The van der Waals surface area contributed by atoms with E-state index in [1.807, 2.05) is 6.07 Å². The van der Waals surface area contributed by atoms with Gasteiger partial charge in [-0.15, -0.1) is 0 Å². The lowest BCUT2D eigenvalue weighted by Gasteiger charge is -2.30. The molecule has 0 radical (unpaired) electrons. The summed E-state index contributed by atoms with van der Waals surface area (Å²) < 4.78 is 0.